The van der Waals surface area contributed by atoms with Crippen molar-refractivity contribution in [2.75, 3.05) is 6.61 Å². The molecule has 1 heterocycles. The lowest BCUT2D eigenvalue weighted by atomic mass is 10.0. The Morgan fingerprint density at radius 2 is 2.29 bits per heavy atom. The van der Waals surface area contributed by atoms with Gasteiger partial charge in [-0.1, -0.05) is 18.2 Å². The Kier molecular flexibility index (Phi) is 2.26. The van der Waals surface area contributed by atoms with Crippen LogP contribution in [0.4, 0.5) is 4.79 Å². The Bertz CT molecular complexity index is 351. The van der Waals surface area contributed by atoms with E-state index in [-0.39, 0.29) is 6.04 Å². The van der Waals surface area contributed by atoms with Crippen LogP contribution in [0.1, 0.15) is 18.0 Å². The molecule has 0 saturated heterocycles. The van der Waals surface area contributed by atoms with Crippen LogP contribution >= 0.6 is 0 Å². The fourth-order valence-electron chi connectivity index (χ4n) is 1.64. The smallest absolute Gasteiger partial charge is 0.405 e. The van der Waals surface area contributed by atoms with Gasteiger partial charge in [0.25, 0.3) is 0 Å². The van der Waals surface area contributed by atoms with Gasteiger partial charge in [-0.2, -0.15) is 0 Å². The van der Waals surface area contributed by atoms with Crippen LogP contribution in [0.3, 0.4) is 0 Å². The van der Waals surface area contributed by atoms with Gasteiger partial charge in [0, 0.05) is 12.0 Å². The van der Waals surface area contributed by atoms with Crippen LogP contribution in [0.25, 0.3) is 0 Å². The summed E-state index contributed by atoms with van der Waals surface area (Å²) in [6, 6.07) is 7.35. The fraction of sp³-hybridized carbons (Fsp3) is 0.300. The molecule has 1 amide bonds. The second-order valence-corrected chi connectivity index (χ2v) is 3.18. The summed E-state index contributed by atoms with van der Waals surface area (Å²) >= 11 is 0. The normalized spacial score (nSPS) is 19.3. The monoisotopic (exact) mass is 193 g/mol. The molecular weight excluding hydrogens is 182 g/mol. The first kappa shape index (κ1) is 8.87. The summed E-state index contributed by atoms with van der Waals surface area (Å²) in [5.41, 5.74) is 0.918. The van der Waals surface area contributed by atoms with Crippen molar-refractivity contribution in [1.82, 2.24) is 5.32 Å². The number of hydrogen-bond donors (Lipinski definition) is 2. The number of rotatable bonds is 1. The van der Waals surface area contributed by atoms with Gasteiger partial charge in [-0.05, 0) is 6.07 Å². The quantitative estimate of drug-likeness (QED) is 0.714. The van der Waals surface area contributed by atoms with Crippen molar-refractivity contribution in [1.29, 1.82) is 0 Å². The molecule has 1 aliphatic rings. The molecule has 0 bridgehead atoms. The Labute approximate surface area is 81.5 Å². The van der Waals surface area contributed by atoms with E-state index in [1.165, 1.54) is 0 Å². The molecule has 0 saturated carbocycles. The van der Waals surface area contributed by atoms with Gasteiger partial charge in [-0.3, -0.25) is 0 Å². The SMILES string of the molecule is O=C(O)NC1CCOc2ccccc21. The van der Waals surface area contributed by atoms with Crippen molar-refractivity contribution in [2.24, 2.45) is 0 Å². The standard InChI is InChI=1S/C10H11NO3/c12-10(13)11-8-5-6-14-9-4-2-1-3-7(8)9/h1-4,8,11H,5-6H2,(H,12,13). The van der Waals surface area contributed by atoms with Crippen LogP contribution in [-0.2, 0) is 0 Å². The maximum atomic E-state index is 10.5. The molecule has 2 N–H and O–H groups in total. The topological polar surface area (TPSA) is 58.6 Å². The van der Waals surface area contributed by atoms with Gasteiger partial charge in [0.05, 0.1) is 12.6 Å². The molecule has 0 radical (unpaired) electrons. The number of nitrogens with one attached hydrogen (secondary N) is 1. The number of ether oxygens (including phenoxy) is 1. The molecule has 0 aliphatic carbocycles. The minimum atomic E-state index is -0.994. The van der Waals surface area contributed by atoms with E-state index < -0.39 is 6.09 Å². The number of hydrogen-bond acceptors (Lipinski definition) is 2. The summed E-state index contributed by atoms with van der Waals surface area (Å²) in [6.07, 6.45) is -0.310. The molecule has 1 aromatic rings. The van der Waals surface area contributed by atoms with E-state index in [4.69, 9.17) is 9.84 Å². The van der Waals surface area contributed by atoms with Crippen molar-refractivity contribution >= 4 is 6.09 Å². The number of para-hydroxylation sites is 1. The molecule has 14 heavy (non-hydrogen) atoms. The molecule has 0 spiro atoms. The Balaban J connectivity index is 2.26. The number of carboxylic acid groups (broad SMARTS) is 1. The zero-order valence-corrected chi connectivity index (χ0v) is 7.56. The number of carbonyl (C=O) groups is 1. The summed E-state index contributed by atoms with van der Waals surface area (Å²) in [5, 5.41) is 11.1. The summed E-state index contributed by atoms with van der Waals surface area (Å²) in [7, 11) is 0. The molecule has 1 aromatic carbocycles. The molecule has 1 unspecified atom stereocenters. The maximum absolute atomic E-state index is 10.5. The molecule has 2 rings (SSSR count). The minimum Gasteiger partial charge on any atom is -0.493 e. The number of benzene rings is 1. The molecule has 4 nitrogen and oxygen atoms in total. The van der Waals surface area contributed by atoms with Crippen LogP contribution in [0.5, 0.6) is 5.75 Å². The first-order valence-corrected chi connectivity index (χ1v) is 4.48. The van der Waals surface area contributed by atoms with Crippen molar-refractivity contribution in [3.05, 3.63) is 29.8 Å². The van der Waals surface area contributed by atoms with Crippen LogP contribution in [0, 0.1) is 0 Å². The van der Waals surface area contributed by atoms with E-state index in [0.29, 0.717) is 13.0 Å². The van der Waals surface area contributed by atoms with Crippen LogP contribution in [-0.4, -0.2) is 17.8 Å². The Hall–Kier alpha value is -1.71. The minimum absolute atomic E-state index is 0.141. The number of fused-ring (bicyclic) bond motifs is 1. The molecule has 74 valence electrons. The second-order valence-electron chi connectivity index (χ2n) is 3.18. The van der Waals surface area contributed by atoms with Crippen LogP contribution in [0.2, 0.25) is 0 Å². The summed E-state index contributed by atoms with van der Waals surface area (Å²) in [6.45, 7) is 0.558. The highest BCUT2D eigenvalue weighted by Gasteiger charge is 2.21. The lowest BCUT2D eigenvalue weighted by molar-refractivity contribution is 0.182. The lowest BCUT2D eigenvalue weighted by Gasteiger charge is -2.25. The molecular formula is C10H11NO3. The molecule has 0 fully saturated rings. The largest absolute Gasteiger partial charge is 0.493 e. The average Bonchev–Trinajstić information content (AvgIpc) is 2.18. The zero-order chi connectivity index (χ0) is 9.97. The second kappa shape index (κ2) is 3.57. The third-order valence-corrected chi connectivity index (χ3v) is 2.26. The first-order chi connectivity index (χ1) is 6.77. The van der Waals surface area contributed by atoms with Gasteiger partial charge >= 0.3 is 6.09 Å². The maximum Gasteiger partial charge on any atom is 0.405 e. The Morgan fingerprint density at radius 3 is 3.07 bits per heavy atom. The van der Waals surface area contributed by atoms with Gasteiger partial charge in [0.15, 0.2) is 0 Å². The van der Waals surface area contributed by atoms with E-state index in [1.54, 1.807) is 0 Å². The summed E-state index contributed by atoms with van der Waals surface area (Å²) < 4.78 is 5.40. The van der Waals surface area contributed by atoms with Crippen molar-refractivity contribution in [2.45, 2.75) is 12.5 Å². The van der Waals surface area contributed by atoms with E-state index in [2.05, 4.69) is 5.32 Å². The highest BCUT2D eigenvalue weighted by atomic mass is 16.5. The van der Waals surface area contributed by atoms with E-state index >= 15 is 0 Å². The summed E-state index contributed by atoms with van der Waals surface area (Å²) in [4.78, 5) is 10.5. The molecule has 0 aromatic heterocycles. The fourth-order valence-corrected chi connectivity index (χ4v) is 1.64. The highest BCUT2D eigenvalue weighted by Crippen LogP contribution is 2.31. The van der Waals surface area contributed by atoms with Gasteiger partial charge in [0.2, 0.25) is 0 Å². The van der Waals surface area contributed by atoms with E-state index in [9.17, 15) is 4.79 Å². The van der Waals surface area contributed by atoms with Gasteiger partial charge in [-0.25, -0.2) is 4.79 Å². The summed E-state index contributed by atoms with van der Waals surface area (Å²) in [5.74, 6) is 0.775. The van der Waals surface area contributed by atoms with Crippen LogP contribution < -0.4 is 10.1 Å². The first-order valence-electron chi connectivity index (χ1n) is 4.48. The lowest BCUT2D eigenvalue weighted by Crippen LogP contribution is -2.30. The Morgan fingerprint density at radius 1 is 1.50 bits per heavy atom. The van der Waals surface area contributed by atoms with E-state index in [0.717, 1.165) is 11.3 Å². The zero-order valence-electron chi connectivity index (χ0n) is 7.56. The highest BCUT2D eigenvalue weighted by molar-refractivity contribution is 5.65. The molecule has 1 aliphatic heterocycles. The van der Waals surface area contributed by atoms with Gasteiger partial charge in [0.1, 0.15) is 5.75 Å². The number of amides is 1. The van der Waals surface area contributed by atoms with Crippen LogP contribution in [0.15, 0.2) is 24.3 Å². The third kappa shape index (κ3) is 1.64. The third-order valence-electron chi connectivity index (χ3n) is 2.26. The van der Waals surface area contributed by atoms with Crippen molar-refractivity contribution in [3.63, 3.8) is 0 Å². The van der Waals surface area contributed by atoms with Gasteiger partial charge in [-0.15, -0.1) is 0 Å². The van der Waals surface area contributed by atoms with Crippen molar-refractivity contribution in [3.8, 4) is 5.75 Å². The molecule has 4 heteroatoms. The predicted octanol–water partition coefficient (Wildman–Crippen LogP) is 1.78. The van der Waals surface area contributed by atoms with E-state index in [1.807, 2.05) is 24.3 Å². The van der Waals surface area contributed by atoms with Crippen molar-refractivity contribution < 1.29 is 14.6 Å². The molecule has 1 atom stereocenters. The predicted molar refractivity (Wildman–Crippen MR) is 50.5 cm³/mol. The van der Waals surface area contributed by atoms with Gasteiger partial charge < -0.3 is 15.2 Å². The average molecular weight is 193 g/mol.